The Morgan fingerprint density at radius 1 is 1.00 bits per heavy atom. The van der Waals surface area contributed by atoms with Gasteiger partial charge in [0.15, 0.2) is 0 Å². The molecule has 0 saturated heterocycles. The monoisotopic (exact) mass is 298 g/mol. The number of nitrogens with zero attached hydrogens (tertiary/aromatic N) is 1. The zero-order valence-electron chi connectivity index (χ0n) is 12.9. The van der Waals surface area contributed by atoms with Crippen LogP contribution in [-0.4, -0.2) is 11.0 Å². The predicted octanol–water partition coefficient (Wildman–Crippen LogP) is 5.15. The van der Waals surface area contributed by atoms with Gasteiger partial charge in [-0.1, -0.05) is 48.5 Å². The first-order valence-electron chi connectivity index (χ1n) is 7.89. The highest BCUT2D eigenvalue weighted by Gasteiger charge is 2.21. The summed E-state index contributed by atoms with van der Waals surface area (Å²) in [6, 6.07) is 21.1. The maximum Gasteiger partial charge on any atom is 0.0709 e. The molecule has 1 aliphatic heterocycles. The summed E-state index contributed by atoms with van der Waals surface area (Å²) < 4.78 is 0. The van der Waals surface area contributed by atoms with Crippen LogP contribution in [-0.2, 0) is 0 Å². The summed E-state index contributed by atoms with van der Waals surface area (Å²) in [5, 5.41) is 4.78. The third-order valence-corrected chi connectivity index (χ3v) is 4.27. The number of hydrogen-bond acceptors (Lipinski definition) is 2. The second kappa shape index (κ2) is 5.73. The molecule has 23 heavy (non-hydrogen) atoms. The summed E-state index contributed by atoms with van der Waals surface area (Å²) in [5.41, 5.74) is 5.65. The molecule has 4 rings (SSSR count). The Kier molecular flexibility index (Phi) is 3.43. The lowest BCUT2D eigenvalue weighted by atomic mass is 9.92. The maximum absolute atomic E-state index is 4.86. The van der Waals surface area contributed by atoms with Crippen LogP contribution in [0.4, 0.5) is 5.69 Å². The second-order valence-corrected chi connectivity index (χ2v) is 5.80. The molecule has 0 spiro atoms. The van der Waals surface area contributed by atoms with Gasteiger partial charge in [-0.3, -0.25) is 0 Å². The van der Waals surface area contributed by atoms with Crippen LogP contribution in [0.1, 0.15) is 17.7 Å². The largest absolute Gasteiger partial charge is 0.377 e. The summed E-state index contributed by atoms with van der Waals surface area (Å²) in [4.78, 5) is 4.86. The molecular weight excluding hydrogens is 280 g/mol. The van der Waals surface area contributed by atoms with Gasteiger partial charge in [0.05, 0.1) is 17.3 Å². The fraction of sp³-hybridized carbons (Fsp3) is 0.0952. The summed E-state index contributed by atoms with van der Waals surface area (Å²) >= 11 is 0. The number of aromatic nitrogens is 1. The third kappa shape index (κ3) is 2.53. The Morgan fingerprint density at radius 2 is 1.83 bits per heavy atom. The standard InChI is InChI=1S/C21H18N2/c1-2-7-20-17(14-16-9-4-6-11-19(16)23-20)21-13-12-15-8-3-5-10-18(15)22-21/h2-6,8-14,20,23H,1,7H2. The third-order valence-electron chi connectivity index (χ3n) is 4.27. The van der Waals surface area contributed by atoms with Crippen molar-refractivity contribution in [3.05, 3.63) is 84.6 Å². The molecule has 0 saturated carbocycles. The molecule has 1 aliphatic rings. The Morgan fingerprint density at radius 3 is 2.74 bits per heavy atom. The predicted molar refractivity (Wildman–Crippen MR) is 98.3 cm³/mol. The Labute approximate surface area is 136 Å². The lowest BCUT2D eigenvalue weighted by Crippen LogP contribution is -2.24. The highest BCUT2D eigenvalue weighted by Crippen LogP contribution is 2.33. The van der Waals surface area contributed by atoms with E-state index in [1.165, 1.54) is 22.2 Å². The Balaban J connectivity index is 1.85. The molecular formula is C21H18N2. The number of rotatable bonds is 3. The maximum atomic E-state index is 4.86. The van der Waals surface area contributed by atoms with Crippen LogP contribution in [0.2, 0.25) is 0 Å². The molecule has 1 N–H and O–H groups in total. The van der Waals surface area contributed by atoms with Crippen LogP contribution in [0.25, 0.3) is 22.6 Å². The highest BCUT2D eigenvalue weighted by atomic mass is 14.9. The molecule has 0 amide bonds. The highest BCUT2D eigenvalue weighted by molar-refractivity contribution is 5.93. The van der Waals surface area contributed by atoms with Crippen molar-refractivity contribution in [1.29, 1.82) is 0 Å². The number of para-hydroxylation sites is 2. The summed E-state index contributed by atoms with van der Waals surface area (Å²) in [7, 11) is 0. The lowest BCUT2D eigenvalue weighted by molar-refractivity contribution is 0.904. The van der Waals surface area contributed by atoms with Gasteiger partial charge in [-0.05, 0) is 36.3 Å². The van der Waals surface area contributed by atoms with Gasteiger partial charge in [-0.2, -0.15) is 0 Å². The van der Waals surface area contributed by atoms with E-state index in [1.54, 1.807) is 0 Å². The molecule has 2 heterocycles. The number of anilines is 1. The van der Waals surface area contributed by atoms with Gasteiger partial charge in [0.2, 0.25) is 0 Å². The molecule has 3 aromatic rings. The normalized spacial score (nSPS) is 16.3. The van der Waals surface area contributed by atoms with Crippen LogP contribution in [0.3, 0.4) is 0 Å². The van der Waals surface area contributed by atoms with Crippen molar-refractivity contribution < 1.29 is 0 Å². The van der Waals surface area contributed by atoms with Crippen molar-refractivity contribution in [3.8, 4) is 0 Å². The smallest absolute Gasteiger partial charge is 0.0709 e. The first-order valence-corrected chi connectivity index (χ1v) is 7.89. The number of nitrogens with one attached hydrogen (secondary N) is 1. The van der Waals surface area contributed by atoms with Crippen molar-refractivity contribution in [3.63, 3.8) is 0 Å². The topological polar surface area (TPSA) is 24.9 Å². The molecule has 1 atom stereocenters. The number of pyridine rings is 1. The van der Waals surface area contributed by atoms with E-state index in [-0.39, 0.29) is 6.04 Å². The molecule has 0 bridgehead atoms. The minimum absolute atomic E-state index is 0.205. The first-order chi connectivity index (χ1) is 11.3. The molecule has 0 aliphatic carbocycles. The van der Waals surface area contributed by atoms with E-state index < -0.39 is 0 Å². The number of hydrogen-bond donors (Lipinski definition) is 1. The van der Waals surface area contributed by atoms with Crippen LogP contribution in [0.15, 0.2) is 73.3 Å². The average Bonchev–Trinajstić information content (AvgIpc) is 2.61. The molecule has 2 heteroatoms. The fourth-order valence-corrected chi connectivity index (χ4v) is 3.12. The average molecular weight is 298 g/mol. The van der Waals surface area contributed by atoms with E-state index in [0.717, 1.165) is 17.6 Å². The van der Waals surface area contributed by atoms with Gasteiger partial charge < -0.3 is 5.32 Å². The van der Waals surface area contributed by atoms with E-state index in [9.17, 15) is 0 Å². The van der Waals surface area contributed by atoms with E-state index in [1.807, 2.05) is 18.2 Å². The molecule has 2 nitrogen and oxygen atoms in total. The van der Waals surface area contributed by atoms with Crippen molar-refractivity contribution in [2.75, 3.05) is 5.32 Å². The van der Waals surface area contributed by atoms with Crippen LogP contribution < -0.4 is 5.32 Å². The minimum atomic E-state index is 0.205. The fourth-order valence-electron chi connectivity index (χ4n) is 3.12. The Bertz CT molecular complexity index is 908. The van der Waals surface area contributed by atoms with Crippen molar-refractivity contribution >= 4 is 28.2 Å². The number of benzene rings is 2. The Hall–Kier alpha value is -2.87. The molecule has 0 radical (unpaired) electrons. The van der Waals surface area contributed by atoms with Gasteiger partial charge >= 0.3 is 0 Å². The SMILES string of the molecule is C=CCC1Nc2ccccc2C=C1c1ccc2ccccc2n1. The van der Waals surface area contributed by atoms with Crippen molar-refractivity contribution in [2.45, 2.75) is 12.5 Å². The van der Waals surface area contributed by atoms with Gasteiger partial charge in [0, 0.05) is 16.6 Å². The summed E-state index contributed by atoms with van der Waals surface area (Å²) in [6.45, 7) is 3.90. The van der Waals surface area contributed by atoms with Gasteiger partial charge in [0.25, 0.3) is 0 Å². The minimum Gasteiger partial charge on any atom is -0.377 e. The summed E-state index contributed by atoms with van der Waals surface area (Å²) in [6.07, 6.45) is 5.08. The molecule has 112 valence electrons. The van der Waals surface area contributed by atoms with Crippen LogP contribution >= 0.6 is 0 Å². The van der Waals surface area contributed by atoms with Crippen LogP contribution in [0.5, 0.6) is 0 Å². The second-order valence-electron chi connectivity index (χ2n) is 5.80. The van der Waals surface area contributed by atoms with E-state index in [0.29, 0.717) is 0 Å². The van der Waals surface area contributed by atoms with Gasteiger partial charge in [-0.25, -0.2) is 4.98 Å². The van der Waals surface area contributed by atoms with Gasteiger partial charge in [0.1, 0.15) is 0 Å². The van der Waals surface area contributed by atoms with E-state index >= 15 is 0 Å². The van der Waals surface area contributed by atoms with Crippen molar-refractivity contribution in [1.82, 2.24) is 4.98 Å². The zero-order valence-corrected chi connectivity index (χ0v) is 12.9. The van der Waals surface area contributed by atoms with E-state index in [2.05, 4.69) is 66.5 Å². The zero-order chi connectivity index (χ0) is 15.6. The van der Waals surface area contributed by atoms with Crippen LogP contribution in [0, 0.1) is 0 Å². The number of fused-ring (bicyclic) bond motifs is 2. The quantitative estimate of drug-likeness (QED) is 0.677. The van der Waals surface area contributed by atoms with Gasteiger partial charge in [-0.15, -0.1) is 6.58 Å². The first kappa shape index (κ1) is 13.8. The van der Waals surface area contributed by atoms with Crippen molar-refractivity contribution in [2.24, 2.45) is 0 Å². The van der Waals surface area contributed by atoms with E-state index in [4.69, 9.17) is 4.98 Å². The molecule has 0 fully saturated rings. The lowest BCUT2D eigenvalue weighted by Gasteiger charge is -2.27. The molecule has 2 aromatic carbocycles. The molecule has 1 aromatic heterocycles. The molecule has 1 unspecified atom stereocenters. The summed E-state index contributed by atoms with van der Waals surface area (Å²) in [5.74, 6) is 0.